The lowest BCUT2D eigenvalue weighted by atomic mass is 10.1. The molecule has 2 amide bonds. The van der Waals surface area contributed by atoms with E-state index in [4.69, 9.17) is 9.47 Å². The largest absolute Gasteiger partial charge is 0.494 e. The number of rotatable bonds is 9. The van der Waals surface area contributed by atoms with Gasteiger partial charge < -0.3 is 14.4 Å². The van der Waals surface area contributed by atoms with E-state index >= 15 is 0 Å². The molecule has 0 aromatic heterocycles. The summed E-state index contributed by atoms with van der Waals surface area (Å²) < 4.78 is 11.4. The molecule has 170 valence electrons. The van der Waals surface area contributed by atoms with Crippen LogP contribution in [0.5, 0.6) is 11.5 Å². The average Bonchev–Trinajstić information content (AvgIpc) is 3.25. The van der Waals surface area contributed by atoms with Gasteiger partial charge >= 0.3 is 0 Å². The van der Waals surface area contributed by atoms with Gasteiger partial charge in [-0.2, -0.15) is 0 Å². The summed E-state index contributed by atoms with van der Waals surface area (Å²) in [7, 11) is 0. The van der Waals surface area contributed by atoms with Gasteiger partial charge in [0.05, 0.1) is 18.2 Å². The van der Waals surface area contributed by atoms with Crippen LogP contribution in [0.4, 0.5) is 11.4 Å². The van der Waals surface area contributed by atoms with Gasteiger partial charge in [-0.15, -0.1) is 0 Å². The highest BCUT2D eigenvalue weighted by Crippen LogP contribution is 2.28. The first-order chi connectivity index (χ1) is 16.1. The van der Waals surface area contributed by atoms with Gasteiger partial charge in [-0.1, -0.05) is 42.5 Å². The summed E-state index contributed by atoms with van der Waals surface area (Å²) in [4.78, 5) is 26.9. The average molecular weight is 446 g/mol. The van der Waals surface area contributed by atoms with E-state index in [2.05, 4.69) is 10.9 Å². The fourth-order valence-corrected chi connectivity index (χ4v) is 3.68. The minimum absolute atomic E-state index is 0.0779. The van der Waals surface area contributed by atoms with Gasteiger partial charge in [-0.25, -0.2) is 0 Å². The van der Waals surface area contributed by atoms with E-state index in [0.717, 1.165) is 17.0 Å². The molecule has 33 heavy (non-hydrogen) atoms. The van der Waals surface area contributed by atoms with Gasteiger partial charge in [-0.3, -0.25) is 20.4 Å². The van der Waals surface area contributed by atoms with Crippen molar-refractivity contribution in [2.45, 2.75) is 20.0 Å². The minimum Gasteiger partial charge on any atom is -0.494 e. The number of carbonyl (C=O) groups is 2. The number of para-hydroxylation sites is 2. The van der Waals surface area contributed by atoms with Crippen molar-refractivity contribution >= 4 is 23.2 Å². The Morgan fingerprint density at radius 1 is 0.970 bits per heavy atom. The molecular formula is C26H27N3O4. The van der Waals surface area contributed by atoms with Crippen LogP contribution in [0, 0.1) is 5.92 Å². The summed E-state index contributed by atoms with van der Waals surface area (Å²) in [5.41, 5.74) is 8.13. The maximum Gasteiger partial charge on any atom is 0.243 e. The second-order valence-corrected chi connectivity index (χ2v) is 7.72. The molecule has 0 saturated carbocycles. The van der Waals surface area contributed by atoms with E-state index in [-0.39, 0.29) is 18.2 Å². The number of ether oxygens (including phenoxy) is 2. The van der Waals surface area contributed by atoms with Crippen LogP contribution in [0.25, 0.3) is 0 Å². The van der Waals surface area contributed by atoms with Crippen LogP contribution in [0.1, 0.15) is 18.9 Å². The molecule has 1 saturated heterocycles. The van der Waals surface area contributed by atoms with Crippen LogP contribution in [0.3, 0.4) is 0 Å². The molecule has 1 atom stereocenters. The lowest BCUT2D eigenvalue weighted by molar-refractivity contribution is -0.125. The van der Waals surface area contributed by atoms with E-state index in [1.165, 1.54) is 0 Å². The molecule has 3 aromatic carbocycles. The summed E-state index contributed by atoms with van der Waals surface area (Å²) in [6.07, 6.45) is 0.160. The molecule has 2 N–H and O–H groups in total. The number of anilines is 2. The standard InChI is InChI=1S/C26H27N3O4/c1-2-32-22-14-12-21(13-15-22)29-17-20(16-25(29)30)26(31)28-27-23-10-6-7-11-24(23)33-18-19-8-4-3-5-9-19/h3-15,20,27H,2,16-18H2,1H3,(H,28,31)/t20-/m0/s1. The summed E-state index contributed by atoms with van der Waals surface area (Å²) in [6, 6.07) is 24.6. The van der Waals surface area contributed by atoms with E-state index in [9.17, 15) is 9.59 Å². The molecule has 1 aliphatic rings. The van der Waals surface area contributed by atoms with E-state index < -0.39 is 5.92 Å². The zero-order valence-corrected chi connectivity index (χ0v) is 18.5. The second kappa shape index (κ2) is 10.5. The Balaban J connectivity index is 1.33. The van der Waals surface area contributed by atoms with E-state index in [1.807, 2.05) is 85.8 Å². The van der Waals surface area contributed by atoms with Crippen molar-refractivity contribution in [2.75, 3.05) is 23.5 Å². The maximum atomic E-state index is 12.8. The SMILES string of the molecule is CCOc1ccc(N2C[C@@H](C(=O)NNc3ccccc3OCc3ccccc3)CC2=O)cc1. The predicted molar refractivity (Wildman–Crippen MR) is 127 cm³/mol. The third kappa shape index (κ3) is 5.63. The molecule has 7 heteroatoms. The van der Waals surface area contributed by atoms with Crippen molar-refractivity contribution in [3.8, 4) is 11.5 Å². The first-order valence-electron chi connectivity index (χ1n) is 11.0. The van der Waals surface area contributed by atoms with Gasteiger partial charge in [0.2, 0.25) is 11.8 Å². The molecule has 7 nitrogen and oxygen atoms in total. The topological polar surface area (TPSA) is 79.9 Å². The molecule has 0 radical (unpaired) electrons. The second-order valence-electron chi connectivity index (χ2n) is 7.72. The summed E-state index contributed by atoms with van der Waals surface area (Å²) >= 11 is 0. The zero-order chi connectivity index (χ0) is 23.0. The van der Waals surface area contributed by atoms with E-state index in [1.54, 1.807) is 4.90 Å². The van der Waals surface area contributed by atoms with Crippen LogP contribution in [0.2, 0.25) is 0 Å². The molecule has 1 heterocycles. The van der Waals surface area contributed by atoms with Crippen molar-refractivity contribution in [3.05, 3.63) is 84.4 Å². The highest BCUT2D eigenvalue weighted by Gasteiger charge is 2.35. The first kappa shape index (κ1) is 22.2. The van der Waals surface area contributed by atoms with Gasteiger partial charge in [-0.05, 0) is 48.9 Å². The Labute approximate surface area is 193 Å². The molecule has 0 unspecified atom stereocenters. The lowest BCUT2D eigenvalue weighted by Crippen LogP contribution is -2.36. The van der Waals surface area contributed by atoms with Gasteiger partial charge in [0, 0.05) is 18.7 Å². The Morgan fingerprint density at radius 2 is 1.70 bits per heavy atom. The molecule has 3 aromatic rings. The summed E-state index contributed by atoms with van der Waals surface area (Å²) in [5.74, 6) is 0.606. The molecule has 1 aliphatic heterocycles. The van der Waals surface area contributed by atoms with E-state index in [0.29, 0.717) is 31.2 Å². The van der Waals surface area contributed by atoms with Crippen molar-refractivity contribution in [3.63, 3.8) is 0 Å². The zero-order valence-electron chi connectivity index (χ0n) is 18.5. The van der Waals surface area contributed by atoms with Crippen molar-refractivity contribution in [1.29, 1.82) is 0 Å². The van der Waals surface area contributed by atoms with Crippen molar-refractivity contribution < 1.29 is 19.1 Å². The number of hydrazine groups is 1. The molecule has 4 rings (SSSR count). The molecule has 0 bridgehead atoms. The Morgan fingerprint density at radius 3 is 2.45 bits per heavy atom. The monoisotopic (exact) mass is 445 g/mol. The van der Waals surface area contributed by atoms with Crippen molar-refractivity contribution in [1.82, 2.24) is 5.43 Å². The van der Waals surface area contributed by atoms with Crippen LogP contribution in [-0.2, 0) is 16.2 Å². The third-order valence-corrected chi connectivity index (χ3v) is 5.40. The Bertz CT molecular complexity index is 1090. The highest BCUT2D eigenvalue weighted by molar-refractivity contribution is 6.00. The highest BCUT2D eigenvalue weighted by atomic mass is 16.5. The smallest absolute Gasteiger partial charge is 0.243 e. The fraction of sp³-hybridized carbons (Fsp3) is 0.231. The number of carbonyl (C=O) groups excluding carboxylic acids is 2. The van der Waals surface area contributed by atoms with Gasteiger partial charge in [0.15, 0.2) is 0 Å². The Hall–Kier alpha value is -4.00. The van der Waals surface area contributed by atoms with Crippen molar-refractivity contribution in [2.24, 2.45) is 5.92 Å². The van der Waals surface area contributed by atoms with Crippen LogP contribution in [-0.4, -0.2) is 25.0 Å². The number of benzene rings is 3. The minimum atomic E-state index is -0.450. The van der Waals surface area contributed by atoms with Crippen LogP contribution < -0.4 is 25.2 Å². The molecular weight excluding hydrogens is 418 g/mol. The molecule has 1 fully saturated rings. The van der Waals surface area contributed by atoms with Crippen LogP contribution in [0.15, 0.2) is 78.9 Å². The summed E-state index contributed by atoms with van der Waals surface area (Å²) in [5, 5.41) is 0. The number of nitrogens with one attached hydrogen (secondary N) is 2. The van der Waals surface area contributed by atoms with Gasteiger partial charge in [0.1, 0.15) is 18.1 Å². The molecule has 0 spiro atoms. The molecule has 0 aliphatic carbocycles. The quantitative estimate of drug-likeness (QED) is 0.484. The predicted octanol–water partition coefficient (Wildman–Crippen LogP) is 4.16. The lowest BCUT2D eigenvalue weighted by Gasteiger charge is -2.18. The fourth-order valence-electron chi connectivity index (χ4n) is 3.68. The van der Waals surface area contributed by atoms with Crippen LogP contribution >= 0.6 is 0 Å². The Kier molecular flexibility index (Phi) is 7.09. The van der Waals surface area contributed by atoms with Gasteiger partial charge in [0.25, 0.3) is 0 Å². The first-order valence-corrected chi connectivity index (χ1v) is 11.0. The number of hydrogen-bond acceptors (Lipinski definition) is 5. The summed E-state index contributed by atoms with van der Waals surface area (Å²) in [6.45, 7) is 3.24. The normalized spacial score (nSPS) is 15.2. The number of nitrogens with zero attached hydrogens (tertiary/aromatic N) is 1. The number of hydrogen-bond donors (Lipinski definition) is 2. The third-order valence-electron chi connectivity index (χ3n) is 5.40. The number of amides is 2. The maximum absolute atomic E-state index is 12.8.